The van der Waals surface area contributed by atoms with Gasteiger partial charge < -0.3 is 19.9 Å². The van der Waals surface area contributed by atoms with Crippen LogP contribution < -0.4 is 10.1 Å². The van der Waals surface area contributed by atoms with Crippen LogP contribution in [0.2, 0.25) is 0 Å². The first kappa shape index (κ1) is 28.2. The second kappa shape index (κ2) is 10.9. The molecule has 3 rings (SSSR count). The molecule has 0 heterocycles. The van der Waals surface area contributed by atoms with E-state index in [9.17, 15) is 14.7 Å². The Morgan fingerprint density at radius 1 is 1.31 bits per heavy atom. The van der Waals surface area contributed by atoms with E-state index in [4.69, 9.17) is 9.47 Å². The van der Waals surface area contributed by atoms with Gasteiger partial charge in [0.15, 0.2) is 6.04 Å². The molecule has 0 radical (unpaired) electrons. The highest BCUT2D eigenvalue weighted by atomic mass is 19.1. The predicted molar refractivity (Wildman–Crippen MR) is 138 cm³/mol. The van der Waals surface area contributed by atoms with Gasteiger partial charge in [0.05, 0.1) is 18.3 Å². The highest BCUT2D eigenvalue weighted by Crippen LogP contribution is 2.47. The maximum absolute atomic E-state index is 15.2. The Morgan fingerprint density at radius 3 is 2.50 bits per heavy atom. The minimum absolute atomic E-state index is 0.0278. The summed E-state index contributed by atoms with van der Waals surface area (Å²) in [4.78, 5) is 25.5. The Hall–Kier alpha value is -2.41. The molecule has 2 unspecified atom stereocenters. The summed E-state index contributed by atoms with van der Waals surface area (Å²) in [7, 11) is 0. The molecule has 2 saturated carbocycles. The monoisotopic (exact) mass is 503 g/mol. The summed E-state index contributed by atoms with van der Waals surface area (Å²) in [6, 6.07) is 1.51. The fourth-order valence-corrected chi connectivity index (χ4v) is 5.24. The summed E-state index contributed by atoms with van der Waals surface area (Å²) in [5.41, 5.74) is 1.04. The van der Waals surface area contributed by atoms with Crippen LogP contribution in [0.15, 0.2) is 24.3 Å². The van der Waals surface area contributed by atoms with E-state index in [1.807, 2.05) is 0 Å². The quantitative estimate of drug-likeness (QED) is 0.335. The second-order valence-electron chi connectivity index (χ2n) is 12.0. The van der Waals surface area contributed by atoms with Crippen molar-refractivity contribution in [2.45, 2.75) is 104 Å². The number of benzene rings is 1. The standard InChI is InChI=1S/C29H42FNO5/c1-8-29(14-17(2)11-18(3)15-29)16-35-24-13-23(30)22(12-21(24)20-9-10-20)26(33)31-25(19(4)32)27(34)36-28(5,6)7/h12-13,18-20,25,32H,2,8-11,14-16H2,1,3-7H3,(H,31,33)/t18?,19-,25+,29?/m1/s1. The molecular formula is C29H42FNO5. The zero-order valence-corrected chi connectivity index (χ0v) is 22.6. The number of rotatable bonds is 9. The number of esters is 1. The van der Waals surface area contributed by atoms with Crippen molar-refractivity contribution in [3.8, 4) is 5.75 Å². The van der Waals surface area contributed by atoms with Gasteiger partial charge in [0.1, 0.15) is 17.2 Å². The molecule has 0 aliphatic heterocycles. The molecule has 1 aromatic carbocycles. The average molecular weight is 504 g/mol. The molecule has 0 saturated heterocycles. The zero-order valence-electron chi connectivity index (χ0n) is 22.6. The van der Waals surface area contributed by atoms with Crippen molar-refractivity contribution >= 4 is 11.9 Å². The molecule has 2 aliphatic rings. The number of aliphatic hydroxyl groups is 1. The third-order valence-corrected chi connectivity index (χ3v) is 7.12. The minimum Gasteiger partial charge on any atom is -0.493 e. The number of nitrogens with one attached hydrogen (secondary N) is 1. The number of aliphatic hydroxyl groups excluding tert-OH is 1. The first-order valence-electron chi connectivity index (χ1n) is 13.1. The maximum Gasteiger partial charge on any atom is 0.331 e. The lowest BCUT2D eigenvalue weighted by Crippen LogP contribution is -2.50. The Labute approximate surface area is 214 Å². The van der Waals surface area contributed by atoms with Crippen LogP contribution >= 0.6 is 0 Å². The van der Waals surface area contributed by atoms with Crippen LogP contribution in [-0.4, -0.2) is 41.3 Å². The van der Waals surface area contributed by atoms with Crippen molar-refractivity contribution in [2.75, 3.05) is 6.61 Å². The van der Waals surface area contributed by atoms with Crippen molar-refractivity contribution in [1.29, 1.82) is 0 Å². The third kappa shape index (κ3) is 7.09. The molecule has 2 aliphatic carbocycles. The Balaban J connectivity index is 1.81. The Morgan fingerprint density at radius 2 is 1.97 bits per heavy atom. The summed E-state index contributed by atoms with van der Waals surface area (Å²) in [5.74, 6) is -1.06. The van der Waals surface area contributed by atoms with Crippen molar-refractivity contribution in [1.82, 2.24) is 5.32 Å². The maximum atomic E-state index is 15.2. The summed E-state index contributed by atoms with van der Waals surface area (Å²) >= 11 is 0. The van der Waals surface area contributed by atoms with Crippen LogP contribution in [0, 0.1) is 17.2 Å². The number of ether oxygens (including phenoxy) is 2. The molecule has 1 amide bonds. The van der Waals surface area contributed by atoms with Gasteiger partial charge in [0, 0.05) is 11.5 Å². The number of carbonyl (C=O) groups is 2. The minimum atomic E-state index is -1.32. The van der Waals surface area contributed by atoms with E-state index >= 15 is 4.39 Å². The molecule has 2 N–H and O–H groups in total. The van der Waals surface area contributed by atoms with Crippen molar-refractivity contribution < 1.29 is 28.6 Å². The summed E-state index contributed by atoms with van der Waals surface area (Å²) in [6.45, 7) is 15.5. The predicted octanol–water partition coefficient (Wildman–Crippen LogP) is 5.68. The van der Waals surface area contributed by atoms with Crippen LogP contribution in [0.4, 0.5) is 4.39 Å². The molecule has 0 aromatic heterocycles. The summed E-state index contributed by atoms with van der Waals surface area (Å²) in [5, 5.41) is 12.5. The Kier molecular flexibility index (Phi) is 8.54. The van der Waals surface area contributed by atoms with E-state index in [0.717, 1.165) is 44.1 Å². The van der Waals surface area contributed by atoms with Gasteiger partial charge in [0.25, 0.3) is 5.91 Å². The number of halogens is 1. The van der Waals surface area contributed by atoms with Crippen molar-refractivity contribution in [3.63, 3.8) is 0 Å². The largest absolute Gasteiger partial charge is 0.493 e. The number of allylic oxidation sites excluding steroid dienone is 1. The van der Waals surface area contributed by atoms with E-state index in [0.29, 0.717) is 18.3 Å². The molecule has 6 nitrogen and oxygen atoms in total. The number of hydrogen-bond donors (Lipinski definition) is 2. The topological polar surface area (TPSA) is 84.9 Å². The first-order valence-corrected chi connectivity index (χ1v) is 13.1. The molecule has 0 bridgehead atoms. The van der Waals surface area contributed by atoms with Gasteiger partial charge in [-0.3, -0.25) is 4.79 Å². The van der Waals surface area contributed by atoms with E-state index in [1.165, 1.54) is 24.6 Å². The van der Waals surface area contributed by atoms with Crippen LogP contribution in [0.3, 0.4) is 0 Å². The molecule has 0 spiro atoms. The number of amides is 1. The third-order valence-electron chi connectivity index (χ3n) is 7.12. The van der Waals surface area contributed by atoms with Gasteiger partial charge in [-0.1, -0.05) is 26.0 Å². The first-order chi connectivity index (χ1) is 16.7. The number of carbonyl (C=O) groups excluding carboxylic acids is 2. The van der Waals surface area contributed by atoms with Gasteiger partial charge >= 0.3 is 5.97 Å². The lowest BCUT2D eigenvalue weighted by Gasteiger charge is -2.40. The molecule has 36 heavy (non-hydrogen) atoms. The van der Waals surface area contributed by atoms with Gasteiger partial charge in [-0.15, -0.1) is 0 Å². The fourth-order valence-electron chi connectivity index (χ4n) is 5.24. The van der Waals surface area contributed by atoms with Crippen LogP contribution in [0.5, 0.6) is 5.75 Å². The van der Waals surface area contributed by atoms with Crippen LogP contribution in [0.25, 0.3) is 0 Å². The fraction of sp³-hybridized carbons (Fsp3) is 0.655. The molecule has 200 valence electrons. The SMILES string of the molecule is C=C1CC(C)CC(CC)(COc2cc(F)c(C(=O)N[C@H](C(=O)OC(C)(C)C)[C@@H](C)O)cc2C2CC2)C1. The second-order valence-corrected chi connectivity index (χ2v) is 12.0. The summed E-state index contributed by atoms with van der Waals surface area (Å²) < 4.78 is 26.8. The highest BCUT2D eigenvalue weighted by molar-refractivity contribution is 5.97. The molecule has 1 aromatic rings. The van der Waals surface area contributed by atoms with Gasteiger partial charge in [-0.2, -0.15) is 0 Å². The van der Waals surface area contributed by atoms with Gasteiger partial charge in [-0.05, 0) is 89.7 Å². The Bertz CT molecular complexity index is 994. The van der Waals surface area contributed by atoms with Crippen LogP contribution in [-0.2, 0) is 9.53 Å². The molecular weight excluding hydrogens is 461 g/mol. The normalized spacial score (nSPS) is 24.1. The van der Waals surface area contributed by atoms with E-state index in [1.54, 1.807) is 20.8 Å². The van der Waals surface area contributed by atoms with Gasteiger partial charge in [0.2, 0.25) is 0 Å². The average Bonchev–Trinajstić information content (AvgIpc) is 3.59. The lowest BCUT2D eigenvalue weighted by molar-refractivity contribution is -0.159. The zero-order chi connectivity index (χ0) is 26.8. The molecule has 2 fully saturated rings. The van der Waals surface area contributed by atoms with Crippen molar-refractivity contribution in [3.05, 3.63) is 41.2 Å². The lowest BCUT2D eigenvalue weighted by atomic mass is 9.67. The molecule has 4 atom stereocenters. The number of hydrogen-bond acceptors (Lipinski definition) is 5. The van der Waals surface area contributed by atoms with Crippen LogP contribution in [0.1, 0.15) is 102 Å². The van der Waals surface area contributed by atoms with Gasteiger partial charge in [-0.25, -0.2) is 9.18 Å². The molecule has 7 heteroatoms. The summed E-state index contributed by atoms with van der Waals surface area (Å²) in [6.07, 6.45) is 4.61. The van der Waals surface area contributed by atoms with E-state index in [2.05, 4.69) is 25.7 Å². The highest BCUT2D eigenvalue weighted by Gasteiger charge is 2.37. The smallest absolute Gasteiger partial charge is 0.331 e. The van der Waals surface area contributed by atoms with E-state index < -0.39 is 35.4 Å². The van der Waals surface area contributed by atoms with Crippen molar-refractivity contribution in [2.24, 2.45) is 11.3 Å². The van der Waals surface area contributed by atoms with E-state index in [-0.39, 0.29) is 16.9 Å².